The van der Waals surface area contributed by atoms with Crippen molar-refractivity contribution in [2.75, 3.05) is 26.7 Å². The largest absolute Gasteiger partial charge is 0.495 e. The number of aromatic nitrogens is 2. The molecule has 2 aromatic heterocycles. The number of aryl methyl sites for hydroxylation is 1. The van der Waals surface area contributed by atoms with Gasteiger partial charge in [0.2, 0.25) is 0 Å². The predicted octanol–water partition coefficient (Wildman–Crippen LogP) is 6.25. The molecule has 32 heavy (non-hydrogen) atoms. The van der Waals surface area contributed by atoms with E-state index in [0.29, 0.717) is 0 Å². The molecule has 4 aromatic rings. The Kier molecular flexibility index (Phi) is 6.22. The second-order valence-corrected chi connectivity index (χ2v) is 8.68. The van der Waals surface area contributed by atoms with Gasteiger partial charge in [-0.25, -0.2) is 0 Å². The highest BCUT2D eigenvalue weighted by atomic mass is 16.5. The van der Waals surface area contributed by atoms with Gasteiger partial charge in [0, 0.05) is 47.2 Å². The molecule has 1 saturated heterocycles. The number of pyridine rings is 1. The van der Waals surface area contributed by atoms with Crippen LogP contribution in [0.15, 0.2) is 73.2 Å². The zero-order valence-electron chi connectivity index (χ0n) is 18.8. The van der Waals surface area contributed by atoms with Crippen molar-refractivity contribution < 1.29 is 4.74 Å². The van der Waals surface area contributed by atoms with Crippen LogP contribution < -0.4 is 4.74 Å². The lowest BCUT2D eigenvalue weighted by Gasteiger charge is -2.26. The van der Waals surface area contributed by atoms with Crippen LogP contribution in [0.5, 0.6) is 5.75 Å². The summed E-state index contributed by atoms with van der Waals surface area (Å²) in [6, 6.07) is 19.0. The summed E-state index contributed by atoms with van der Waals surface area (Å²) >= 11 is 0. The first-order chi connectivity index (χ1) is 15.8. The summed E-state index contributed by atoms with van der Waals surface area (Å²) in [5.74, 6) is 0.930. The van der Waals surface area contributed by atoms with Crippen LogP contribution in [0.25, 0.3) is 33.2 Å². The molecule has 0 N–H and O–H groups in total. The third-order valence-corrected chi connectivity index (χ3v) is 6.56. The SMILES string of the molecule is COc1cccc2c(-c3cncc(-c4ccccc4)c3)cn(CCCN3CCCCC3)c12. The summed E-state index contributed by atoms with van der Waals surface area (Å²) in [7, 11) is 1.76. The van der Waals surface area contributed by atoms with Gasteiger partial charge in [-0.2, -0.15) is 0 Å². The molecule has 1 fully saturated rings. The molecule has 5 rings (SSSR count). The molecule has 2 aromatic carbocycles. The number of hydrogen-bond acceptors (Lipinski definition) is 3. The lowest BCUT2D eigenvalue weighted by Crippen LogP contribution is -2.31. The van der Waals surface area contributed by atoms with Gasteiger partial charge in [0.15, 0.2) is 0 Å². The highest BCUT2D eigenvalue weighted by Gasteiger charge is 2.16. The molecule has 4 nitrogen and oxygen atoms in total. The minimum atomic E-state index is 0.930. The molecule has 1 aliphatic heterocycles. The van der Waals surface area contributed by atoms with E-state index in [0.717, 1.165) is 36.4 Å². The molecule has 0 amide bonds. The summed E-state index contributed by atoms with van der Waals surface area (Å²) in [4.78, 5) is 7.18. The molecule has 4 heteroatoms. The number of para-hydroxylation sites is 1. The number of benzene rings is 2. The lowest BCUT2D eigenvalue weighted by molar-refractivity contribution is 0.223. The van der Waals surface area contributed by atoms with E-state index in [4.69, 9.17) is 4.74 Å². The van der Waals surface area contributed by atoms with Gasteiger partial charge < -0.3 is 14.2 Å². The van der Waals surface area contributed by atoms with Gasteiger partial charge >= 0.3 is 0 Å². The number of rotatable bonds is 7. The average Bonchev–Trinajstić information content (AvgIpc) is 3.24. The first-order valence-electron chi connectivity index (χ1n) is 11.7. The van der Waals surface area contributed by atoms with Crippen molar-refractivity contribution in [3.8, 4) is 28.0 Å². The van der Waals surface area contributed by atoms with Crippen LogP contribution in [-0.4, -0.2) is 41.2 Å². The van der Waals surface area contributed by atoms with E-state index in [-0.39, 0.29) is 0 Å². The molecule has 0 radical (unpaired) electrons. The maximum Gasteiger partial charge on any atom is 0.143 e. The monoisotopic (exact) mass is 425 g/mol. The van der Waals surface area contributed by atoms with Crippen LogP contribution >= 0.6 is 0 Å². The number of nitrogens with zero attached hydrogens (tertiary/aromatic N) is 3. The topological polar surface area (TPSA) is 30.3 Å². The Morgan fingerprint density at radius 1 is 0.844 bits per heavy atom. The van der Waals surface area contributed by atoms with Crippen molar-refractivity contribution in [3.63, 3.8) is 0 Å². The molecule has 0 atom stereocenters. The number of fused-ring (bicyclic) bond motifs is 1. The van der Waals surface area contributed by atoms with Crippen LogP contribution in [0.2, 0.25) is 0 Å². The third kappa shape index (κ3) is 4.28. The van der Waals surface area contributed by atoms with Gasteiger partial charge in [0.1, 0.15) is 5.75 Å². The number of ether oxygens (including phenoxy) is 1. The summed E-state index contributed by atoms with van der Waals surface area (Å²) in [6.07, 6.45) is 11.4. The maximum absolute atomic E-state index is 5.76. The second-order valence-electron chi connectivity index (χ2n) is 8.68. The quantitative estimate of drug-likeness (QED) is 0.350. The van der Waals surface area contributed by atoms with Crippen molar-refractivity contribution in [1.29, 1.82) is 0 Å². The third-order valence-electron chi connectivity index (χ3n) is 6.56. The van der Waals surface area contributed by atoms with Crippen molar-refractivity contribution in [2.45, 2.75) is 32.2 Å². The molecule has 0 unspecified atom stereocenters. The van der Waals surface area contributed by atoms with E-state index in [1.165, 1.54) is 54.4 Å². The Morgan fingerprint density at radius 3 is 2.47 bits per heavy atom. The fraction of sp³-hybridized carbons (Fsp3) is 0.321. The number of piperidine rings is 1. The van der Waals surface area contributed by atoms with Gasteiger partial charge in [-0.05, 0) is 56.6 Å². The Balaban J connectivity index is 1.48. The molecule has 1 aliphatic rings. The molecular formula is C28H31N3O. The summed E-state index contributed by atoms with van der Waals surface area (Å²) < 4.78 is 8.14. The predicted molar refractivity (Wildman–Crippen MR) is 132 cm³/mol. The minimum absolute atomic E-state index is 0.930. The Bertz CT molecular complexity index is 1180. The molecule has 0 aliphatic carbocycles. The van der Waals surface area contributed by atoms with Crippen LogP contribution in [0, 0.1) is 0 Å². The number of methoxy groups -OCH3 is 1. The van der Waals surface area contributed by atoms with Gasteiger partial charge in [-0.1, -0.05) is 48.9 Å². The van der Waals surface area contributed by atoms with Crippen molar-refractivity contribution in [3.05, 3.63) is 73.2 Å². The standard InChI is InChI=1S/C28H31N3O/c1-32-27-13-8-12-25-26(24-18-23(19-29-20-24)22-10-4-2-5-11-22)21-31(28(25)27)17-9-16-30-14-6-3-7-15-30/h2,4-5,8,10-13,18-21H,3,6-7,9,14-17H2,1H3. The van der Waals surface area contributed by atoms with Gasteiger partial charge in [0.05, 0.1) is 12.6 Å². The molecule has 0 saturated carbocycles. The summed E-state index contributed by atoms with van der Waals surface area (Å²) in [5, 5.41) is 1.22. The molecule has 164 valence electrons. The van der Waals surface area contributed by atoms with E-state index in [9.17, 15) is 0 Å². The van der Waals surface area contributed by atoms with Crippen molar-refractivity contribution >= 4 is 10.9 Å². The number of hydrogen-bond donors (Lipinski definition) is 0. The molecule has 0 bridgehead atoms. The normalized spacial score (nSPS) is 14.7. The highest BCUT2D eigenvalue weighted by Crippen LogP contribution is 2.36. The van der Waals surface area contributed by atoms with E-state index in [1.54, 1.807) is 7.11 Å². The highest BCUT2D eigenvalue weighted by molar-refractivity contribution is 5.99. The van der Waals surface area contributed by atoms with Crippen LogP contribution in [0.1, 0.15) is 25.7 Å². The van der Waals surface area contributed by atoms with Gasteiger partial charge in [0.25, 0.3) is 0 Å². The Labute approximate surface area is 190 Å². The van der Waals surface area contributed by atoms with Crippen LogP contribution in [-0.2, 0) is 6.54 Å². The molecule has 3 heterocycles. The zero-order valence-corrected chi connectivity index (χ0v) is 18.8. The van der Waals surface area contributed by atoms with Crippen LogP contribution in [0.4, 0.5) is 0 Å². The average molecular weight is 426 g/mol. The van der Waals surface area contributed by atoms with Crippen molar-refractivity contribution in [1.82, 2.24) is 14.5 Å². The second kappa shape index (κ2) is 9.58. The summed E-state index contributed by atoms with van der Waals surface area (Å²) in [6.45, 7) is 4.65. The first kappa shape index (κ1) is 20.8. The van der Waals surface area contributed by atoms with E-state index >= 15 is 0 Å². The maximum atomic E-state index is 5.76. The summed E-state index contributed by atoms with van der Waals surface area (Å²) in [5.41, 5.74) is 5.84. The van der Waals surface area contributed by atoms with Gasteiger partial charge in [-0.3, -0.25) is 4.98 Å². The molecule has 0 spiro atoms. The van der Waals surface area contributed by atoms with E-state index < -0.39 is 0 Å². The Morgan fingerprint density at radius 2 is 1.66 bits per heavy atom. The van der Waals surface area contributed by atoms with E-state index in [2.05, 4.69) is 69.2 Å². The lowest BCUT2D eigenvalue weighted by atomic mass is 10.0. The number of likely N-dealkylation sites (tertiary alicyclic amines) is 1. The van der Waals surface area contributed by atoms with E-state index in [1.807, 2.05) is 18.5 Å². The molecular weight excluding hydrogens is 394 g/mol. The van der Waals surface area contributed by atoms with Gasteiger partial charge in [-0.15, -0.1) is 0 Å². The fourth-order valence-corrected chi connectivity index (χ4v) is 4.92. The smallest absolute Gasteiger partial charge is 0.143 e. The van der Waals surface area contributed by atoms with Crippen LogP contribution in [0.3, 0.4) is 0 Å². The van der Waals surface area contributed by atoms with Crippen molar-refractivity contribution in [2.24, 2.45) is 0 Å². The Hall–Kier alpha value is -3.11. The minimum Gasteiger partial charge on any atom is -0.495 e. The first-order valence-corrected chi connectivity index (χ1v) is 11.7. The fourth-order valence-electron chi connectivity index (χ4n) is 4.92. The zero-order chi connectivity index (χ0) is 21.8.